The van der Waals surface area contributed by atoms with E-state index < -0.39 is 55.0 Å². The molecule has 17 heteroatoms. The molecule has 0 spiro atoms. The van der Waals surface area contributed by atoms with Gasteiger partial charge in [0.25, 0.3) is 11.5 Å². The van der Waals surface area contributed by atoms with Gasteiger partial charge in [-0.25, -0.2) is 19.0 Å². The highest BCUT2D eigenvalue weighted by Gasteiger charge is 2.49. The number of nitrogens with zero attached hydrogens (tertiary/aromatic N) is 4. The number of aliphatic hydroxyl groups is 1. The summed E-state index contributed by atoms with van der Waals surface area (Å²) in [6.45, 7) is -0.853. The molecular formula is C28H28ClFN6O9. The Labute approximate surface area is 259 Å². The highest BCUT2D eigenvalue weighted by molar-refractivity contribution is 6.28. The molecule has 2 aromatic heterocycles. The molecule has 0 unspecified atom stereocenters. The van der Waals surface area contributed by atoms with Gasteiger partial charge in [-0.3, -0.25) is 9.36 Å². The number of nitrogens with two attached hydrogens (primary N) is 1. The van der Waals surface area contributed by atoms with E-state index >= 15 is 4.39 Å². The van der Waals surface area contributed by atoms with E-state index in [1.807, 2.05) is 0 Å². The first-order valence-corrected chi connectivity index (χ1v) is 13.4. The third kappa shape index (κ3) is 6.93. The van der Waals surface area contributed by atoms with Gasteiger partial charge in [-0.05, 0) is 41.4 Å². The van der Waals surface area contributed by atoms with E-state index in [9.17, 15) is 29.7 Å². The van der Waals surface area contributed by atoms with Crippen molar-refractivity contribution in [3.8, 4) is 5.75 Å². The van der Waals surface area contributed by atoms with Crippen molar-refractivity contribution in [1.82, 2.24) is 19.5 Å². The van der Waals surface area contributed by atoms with Crippen molar-refractivity contribution >= 4 is 52.1 Å². The Morgan fingerprint density at radius 2 is 1.76 bits per heavy atom. The average Bonchev–Trinajstić information content (AvgIpc) is 3.44. The normalized spacial score (nSPS) is 13.6. The lowest BCUT2D eigenvalue weighted by molar-refractivity contribution is -0.192. The van der Waals surface area contributed by atoms with E-state index in [1.54, 1.807) is 24.3 Å². The predicted molar refractivity (Wildman–Crippen MR) is 157 cm³/mol. The molecule has 0 fully saturated rings. The molecular weight excluding hydrogens is 619 g/mol. The van der Waals surface area contributed by atoms with Gasteiger partial charge in [0.2, 0.25) is 11.6 Å². The lowest BCUT2D eigenvalue weighted by atomic mass is 9.94. The lowest BCUT2D eigenvalue weighted by Crippen LogP contribution is -2.53. The van der Waals surface area contributed by atoms with E-state index in [-0.39, 0.29) is 33.4 Å². The second-order valence-electron chi connectivity index (χ2n) is 9.62. The average molecular weight is 647 g/mol. The second kappa shape index (κ2) is 13.8. The molecule has 2 aromatic carbocycles. The number of aliphatic carboxylic acids is 2. The fourth-order valence-electron chi connectivity index (χ4n) is 4.40. The molecule has 0 radical (unpaired) electrons. The van der Waals surface area contributed by atoms with E-state index in [0.717, 1.165) is 18.0 Å². The fourth-order valence-corrected chi connectivity index (χ4v) is 4.58. The zero-order valence-corrected chi connectivity index (χ0v) is 24.5. The number of carboxylic acid groups (broad SMARTS) is 2. The number of para-hydroxylation sites is 1. The van der Waals surface area contributed by atoms with Crippen molar-refractivity contribution in [2.24, 2.45) is 0 Å². The molecule has 45 heavy (non-hydrogen) atoms. The molecule has 4 aromatic rings. The molecule has 0 saturated carbocycles. The first kappa shape index (κ1) is 33.0. The summed E-state index contributed by atoms with van der Waals surface area (Å²) >= 11 is 5.81. The summed E-state index contributed by atoms with van der Waals surface area (Å²) in [6.07, 6.45) is -5.54. The van der Waals surface area contributed by atoms with Crippen LogP contribution in [0.25, 0.3) is 11.2 Å². The number of ether oxygens (including phenoxy) is 3. The van der Waals surface area contributed by atoms with Crippen LogP contribution in [0.3, 0.4) is 0 Å². The summed E-state index contributed by atoms with van der Waals surface area (Å²) in [4.78, 5) is 48.8. The van der Waals surface area contributed by atoms with E-state index in [1.165, 1.54) is 31.4 Å². The fraction of sp³-hybridized carbons (Fsp3) is 0.286. The molecule has 0 aliphatic carbocycles. The topological polar surface area (TPSA) is 221 Å². The van der Waals surface area contributed by atoms with Crippen molar-refractivity contribution in [3.05, 3.63) is 71.3 Å². The molecule has 15 nitrogen and oxygen atoms in total. The Morgan fingerprint density at radius 1 is 1.09 bits per heavy atom. The van der Waals surface area contributed by atoms with Gasteiger partial charge in [-0.2, -0.15) is 9.97 Å². The highest BCUT2D eigenvalue weighted by Crippen LogP contribution is 2.28. The van der Waals surface area contributed by atoms with E-state index in [4.69, 9.17) is 31.5 Å². The van der Waals surface area contributed by atoms with Gasteiger partial charge in [0.05, 0.1) is 25.6 Å². The van der Waals surface area contributed by atoms with Gasteiger partial charge in [0.15, 0.2) is 11.5 Å². The SMILES string of the molecule is COc1ccccc1C(=O)Nc1ccc(CC(OC[C@@H](OC)[C@@H](O)[C@H](F)n2cnc3c(N)nc(Cl)nc32)(C(=O)O)C(=O)O)cc1. The first-order chi connectivity index (χ1) is 21.4. The van der Waals surface area contributed by atoms with Crippen LogP contribution in [-0.4, -0.2) is 91.3 Å². The summed E-state index contributed by atoms with van der Waals surface area (Å²) in [7, 11) is 2.52. The van der Waals surface area contributed by atoms with Gasteiger partial charge in [0.1, 0.15) is 23.5 Å². The van der Waals surface area contributed by atoms with Crippen LogP contribution in [0.1, 0.15) is 22.2 Å². The number of imidazole rings is 1. The number of aromatic nitrogens is 4. The number of benzene rings is 2. The number of amides is 1. The number of methoxy groups -OCH3 is 2. The van der Waals surface area contributed by atoms with Gasteiger partial charge >= 0.3 is 11.9 Å². The second-order valence-corrected chi connectivity index (χ2v) is 9.95. The summed E-state index contributed by atoms with van der Waals surface area (Å²) in [5.41, 5.74) is 3.59. The number of aliphatic hydroxyl groups excluding tert-OH is 1. The van der Waals surface area contributed by atoms with Gasteiger partial charge < -0.3 is 40.6 Å². The first-order valence-electron chi connectivity index (χ1n) is 13.1. The van der Waals surface area contributed by atoms with Crippen molar-refractivity contribution in [2.75, 3.05) is 31.9 Å². The van der Waals surface area contributed by atoms with Crippen molar-refractivity contribution in [3.63, 3.8) is 0 Å². The number of nitrogens with one attached hydrogen (secondary N) is 1. The Morgan fingerprint density at radius 3 is 2.38 bits per heavy atom. The monoisotopic (exact) mass is 646 g/mol. The van der Waals surface area contributed by atoms with Crippen LogP contribution in [0, 0.1) is 0 Å². The van der Waals surface area contributed by atoms with E-state index in [2.05, 4.69) is 20.3 Å². The van der Waals surface area contributed by atoms with Gasteiger partial charge in [-0.15, -0.1) is 0 Å². The molecule has 4 rings (SSSR count). The largest absolute Gasteiger partial charge is 0.496 e. The van der Waals surface area contributed by atoms with Crippen LogP contribution in [0.15, 0.2) is 54.9 Å². The number of carbonyl (C=O) groups excluding carboxylic acids is 1. The van der Waals surface area contributed by atoms with Gasteiger partial charge in [-0.1, -0.05) is 24.3 Å². The summed E-state index contributed by atoms with van der Waals surface area (Å²) < 4.78 is 32.0. The Bertz CT molecular complexity index is 1690. The minimum Gasteiger partial charge on any atom is -0.496 e. The maximum absolute atomic E-state index is 15.5. The Hall–Kier alpha value is -4.90. The van der Waals surface area contributed by atoms with Crippen LogP contribution in [0.4, 0.5) is 15.9 Å². The predicted octanol–water partition coefficient (Wildman–Crippen LogP) is 2.33. The maximum Gasteiger partial charge on any atom is 0.348 e. The number of hydrogen-bond acceptors (Lipinski definition) is 11. The van der Waals surface area contributed by atoms with Gasteiger partial charge in [0, 0.05) is 19.2 Å². The summed E-state index contributed by atoms with van der Waals surface area (Å²) in [5, 5.41) is 33.0. The lowest BCUT2D eigenvalue weighted by Gasteiger charge is -2.30. The van der Waals surface area contributed by atoms with Crippen LogP contribution < -0.4 is 15.8 Å². The minimum absolute atomic E-state index is 0.0145. The summed E-state index contributed by atoms with van der Waals surface area (Å²) in [6, 6.07) is 12.3. The number of rotatable bonds is 14. The number of anilines is 2. The molecule has 238 valence electrons. The molecule has 3 atom stereocenters. The molecule has 0 bridgehead atoms. The zero-order chi connectivity index (χ0) is 32.9. The third-order valence-electron chi connectivity index (χ3n) is 6.85. The quantitative estimate of drug-likeness (QED) is 0.0981. The van der Waals surface area contributed by atoms with Crippen molar-refractivity contribution in [1.29, 1.82) is 0 Å². The standard InChI is InChI=1S/C28H28ClFN6O9/c1-43-17-6-4-3-5-16(17)24(38)33-15-9-7-14(8-10-15)11-28(25(39)40,26(41)42)45-12-18(44-2)20(37)21(30)36-13-32-19-22(31)34-27(29)35-23(19)36/h3-10,13,18,20-21,37H,11-12H2,1-2H3,(H,33,38)(H,39,40)(H,41,42)(H2,31,34,35)/t18-,20-,21-/m1/s1. The number of hydrogen-bond donors (Lipinski definition) is 5. The highest BCUT2D eigenvalue weighted by atomic mass is 35.5. The minimum atomic E-state index is -2.86. The molecule has 0 aliphatic heterocycles. The van der Waals surface area contributed by atoms with E-state index in [0.29, 0.717) is 11.4 Å². The number of fused-ring (bicyclic) bond motifs is 1. The molecule has 6 N–H and O–H groups in total. The third-order valence-corrected chi connectivity index (χ3v) is 7.02. The maximum atomic E-state index is 15.5. The summed E-state index contributed by atoms with van der Waals surface area (Å²) in [5.74, 6) is -3.95. The van der Waals surface area contributed by atoms with Crippen LogP contribution in [-0.2, 0) is 25.5 Å². The van der Waals surface area contributed by atoms with Crippen molar-refractivity contribution in [2.45, 2.75) is 30.5 Å². The number of nitrogen functional groups attached to an aromatic ring is 1. The van der Waals surface area contributed by atoms with Crippen LogP contribution in [0.2, 0.25) is 5.28 Å². The molecule has 0 saturated heterocycles. The van der Waals surface area contributed by atoms with Crippen molar-refractivity contribution < 1.29 is 48.3 Å². The molecule has 1 amide bonds. The number of carboxylic acids is 2. The number of alkyl halides is 1. The Kier molecular flexibility index (Phi) is 10.1. The van der Waals surface area contributed by atoms with Crippen LogP contribution in [0.5, 0.6) is 5.75 Å². The van der Waals surface area contributed by atoms with Crippen LogP contribution >= 0.6 is 11.6 Å². The zero-order valence-electron chi connectivity index (χ0n) is 23.8. The number of halogens is 2. The molecule has 2 heterocycles. The molecule has 0 aliphatic rings. The smallest absolute Gasteiger partial charge is 0.348 e. The Balaban J connectivity index is 1.49. The number of carbonyl (C=O) groups is 3.